The molecule has 1 aromatic rings. The van der Waals surface area contributed by atoms with Gasteiger partial charge in [-0.05, 0) is 44.7 Å². The van der Waals surface area contributed by atoms with E-state index in [1.165, 1.54) is 16.7 Å². The molecule has 0 aromatic heterocycles. The number of ether oxygens (including phenoxy) is 1. The lowest BCUT2D eigenvalue weighted by molar-refractivity contribution is -0.143. The van der Waals surface area contributed by atoms with Crippen LogP contribution in [0.25, 0.3) is 0 Å². The molecule has 0 aliphatic carbocycles. The second-order valence-corrected chi connectivity index (χ2v) is 5.19. The molecular formula is C17H25NO3. The number of rotatable bonds is 8. The average molecular weight is 291 g/mol. The maximum atomic E-state index is 11.7. The van der Waals surface area contributed by atoms with Gasteiger partial charge in [0.25, 0.3) is 0 Å². The summed E-state index contributed by atoms with van der Waals surface area (Å²) in [6, 6.07) is 6.28. The third-order valence-electron chi connectivity index (χ3n) is 3.30. The van der Waals surface area contributed by atoms with Gasteiger partial charge in [-0.2, -0.15) is 0 Å². The number of hydrogen-bond acceptors (Lipinski definition) is 3. The van der Waals surface area contributed by atoms with Crippen LogP contribution < -0.4 is 5.32 Å². The van der Waals surface area contributed by atoms with Gasteiger partial charge in [0.05, 0.1) is 6.61 Å². The second kappa shape index (κ2) is 9.16. The van der Waals surface area contributed by atoms with Crippen molar-refractivity contribution in [3.63, 3.8) is 0 Å². The molecular weight excluding hydrogens is 266 g/mol. The van der Waals surface area contributed by atoms with Gasteiger partial charge >= 0.3 is 5.97 Å². The number of amides is 1. The SMILES string of the molecule is CCOC(=O)CCCNC(=O)CCc1ccc(C)cc1C. The number of hydrogen-bond donors (Lipinski definition) is 1. The van der Waals surface area contributed by atoms with Gasteiger partial charge in [0, 0.05) is 19.4 Å². The van der Waals surface area contributed by atoms with Gasteiger partial charge in [-0.3, -0.25) is 9.59 Å². The van der Waals surface area contributed by atoms with E-state index in [1.807, 2.05) is 0 Å². The van der Waals surface area contributed by atoms with Crippen LogP contribution in [0.4, 0.5) is 0 Å². The van der Waals surface area contributed by atoms with Gasteiger partial charge < -0.3 is 10.1 Å². The number of carbonyl (C=O) groups excluding carboxylic acids is 2. The molecule has 0 radical (unpaired) electrons. The van der Waals surface area contributed by atoms with Crippen LogP contribution in [0.3, 0.4) is 0 Å². The molecule has 0 aliphatic rings. The first-order chi connectivity index (χ1) is 10.0. The van der Waals surface area contributed by atoms with Crippen LogP contribution in [0.2, 0.25) is 0 Å². The topological polar surface area (TPSA) is 55.4 Å². The number of nitrogens with one attached hydrogen (secondary N) is 1. The maximum Gasteiger partial charge on any atom is 0.305 e. The van der Waals surface area contributed by atoms with Crippen molar-refractivity contribution < 1.29 is 14.3 Å². The van der Waals surface area contributed by atoms with Crippen LogP contribution in [-0.4, -0.2) is 25.0 Å². The Morgan fingerprint density at radius 1 is 1.19 bits per heavy atom. The fraction of sp³-hybridized carbons (Fsp3) is 0.529. The lowest BCUT2D eigenvalue weighted by Crippen LogP contribution is -2.25. The molecule has 0 spiro atoms. The molecule has 1 aromatic carbocycles. The highest BCUT2D eigenvalue weighted by molar-refractivity contribution is 5.76. The van der Waals surface area contributed by atoms with E-state index in [-0.39, 0.29) is 11.9 Å². The smallest absolute Gasteiger partial charge is 0.305 e. The minimum Gasteiger partial charge on any atom is -0.466 e. The Labute approximate surface area is 126 Å². The standard InChI is InChI=1S/C17H25NO3/c1-4-21-17(20)6-5-11-18-16(19)10-9-15-8-7-13(2)12-14(15)3/h7-8,12H,4-6,9-11H2,1-3H3,(H,18,19). The summed E-state index contributed by atoms with van der Waals surface area (Å²) in [5.74, 6) is -0.180. The van der Waals surface area contributed by atoms with Crippen molar-refractivity contribution in [2.45, 2.75) is 46.5 Å². The normalized spacial score (nSPS) is 10.2. The van der Waals surface area contributed by atoms with Crippen molar-refractivity contribution in [3.8, 4) is 0 Å². The first kappa shape index (κ1) is 17.2. The number of benzene rings is 1. The molecule has 1 rings (SSSR count). The summed E-state index contributed by atoms with van der Waals surface area (Å²) in [6.45, 7) is 6.84. The average Bonchev–Trinajstić information content (AvgIpc) is 2.43. The summed E-state index contributed by atoms with van der Waals surface area (Å²) in [7, 11) is 0. The molecule has 0 fully saturated rings. The molecule has 0 saturated heterocycles. The fourth-order valence-electron chi connectivity index (χ4n) is 2.16. The fourth-order valence-corrected chi connectivity index (χ4v) is 2.16. The van der Waals surface area contributed by atoms with E-state index in [1.54, 1.807) is 6.92 Å². The largest absolute Gasteiger partial charge is 0.466 e. The third-order valence-corrected chi connectivity index (χ3v) is 3.30. The Balaban J connectivity index is 2.21. The third kappa shape index (κ3) is 6.93. The zero-order valence-corrected chi connectivity index (χ0v) is 13.2. The van der Waals surface area contributed by atoms with Crippen LogP contribution in [0.15, 0.2) is 18.2 Å². The van der Waals surface area contributed by atoms with E-state index >= 15 is 0 Å². The highest BCUT2D eigenvalue weighted by atomic mass is 16.5. The van der Waals surface area contributed by atoms with Crippen LogP contribution in [-0.2, 0) is 20.7 Å². The molecule has 0 atom stereocenters. The highest BCUT2D eigenvalue weighted by Crippen LogP contribution is 2.12. The summed E-state index contributed by atoms with van der Waals surface area (Å²) in [5.41, 5.74) is 3.67. The van der Waals surface area contributed by atoms with E-state index in [0.29, 0.717) is 32.4 Å². The predicted octanol–water partition coefficient (Wildman–Crippen LogP) is 2.70. The summed E-state index contributed by atoms with van der Waals surface area (Å²) in [6.07, 6.45) is 2.19. The minimum atomic E-state index is -0.206. The molecule has 21 heavy (non-hydrogen) atoms. The Morgan fingerprint density at radius 2 is 1.95 bits per heavy atom. The van der Waals surface area contributed by atoms with Crippen molar-refractivity contribution in [2.24, 2.45) is 0 Å². The summed E-state index contributed by atoms with van der Waals surface area (Å²) < 4.78 is 4.83. The lowest BCUT2D eigenvalue weighted by atomic mass is 10.0. The van der Waals surface area contributed by atoms with Crippen LogP contribution in [0.1, 0.15) is 42.9 Å². The molecule has 1 N–H and O–H groups in total. The predicted molar refractivity (Wildman–Crippen MR) is 83.1 cm³/mol. The lowest BCUT2D eigenvalue weighted by Gasteiger charge is -2.08. The Morgan fingerprint density at radius 3 is 2.62 bits per heavy atom. The van der Waals surface area contributed by atoms with Gasteiger partial charge in [-0.25, -0.2) is 0 Å². The quantitative estimate of drug-likeness (QED) is 0.592. The Hall–Kier alpha value is -1.84. The summed E-state index contributed by atoms with van der Waals surface area (Å²) in [4.78, 5) is 22.9. The summed E-state index contributed by atoms with van der Waals surface area (Å²) >= 11 is 0. The van der Waals surface area contributed by atoms with E-state index in [0.717, 1.165) is 6.42 Å². The summed E-state index contributed by atoms with van der Waals surface area (Å²) in [5, 5.41) is 2.83. The van der Waals surface area contributed by atoms with Crippen LogP contribution in [0, 0.1) is 13.8 Å². The van der Waals surface area contributed by atoms with Crippen molar-refractivity contribution >= 4 is 11.9 Å². The minimum absolute atomic E-state index is 0.0267. The van der Waals surface area contributed by atoms with Gasteiger partial charge in [-0.1, -0.05) is 23.8 Å². The van der Waals surface area contributed by atoms with E-state index in [2.05, 4.69) is 37.4 Å². The molecule has 1 amide bonds. The van der Waals surface area contributed by atoms with Gasteiger partial charge in [0.15, 0.2) is 0 Å². The van der Waals surface area contributed by atoms with E-state index in [4.69, 9.17) is 4.74 Å². The molecule has 116 valence electrons. The number of esters is 1. The van der Waals surface area contributed by atoms with Gasteiger partial charge in [0.2, 0.25) is 5.91 Å². The van der Waals surface area contributed by atoms with E-state index < -0.39 is 0 Å². The first-order valence-corrected chi connectivity index (χ1v) is 7.51. The molecule has 0 unspecified atom stereocenters. The molecule has 0 aliphatic heterocycles. The second-order valence-electron chi connectivity index (χ2n) is 5.19. The van der Waals surface area contributed by atoms with Gasteiger partial charge in [0.1, 0.15) is 0 Å². The highest BCUT2D eigenvalue weighted by Gasteiger charge is 2.05. The molecule has 0 saturated carbocycles. The maximum absolute atomic E-state index is 11.7. The van der Waals surface area contributed by atoms with Crippen LogP contribution in [0.5, 0.6) is 0 Å². The molecule has 4 heteroatoms. The van der Waals surface area contributed by atoms with Crippen molar-refractivity contribution in [3.05, 3.63) is 34.9 Å². The van der Waals surface area contributed by atoms with Crippen molar-refractivity contribution in [2.75, 3.05) is 13.2 Å². The Kier molecular flexibility index (Phi) is 7.51. The molecule has 0 bridgehead atoms. The zero-order valence-electron chi connectivity index (χ0n) is 13.2. The van der Waals surface area contributed by atoms with Crippen molar-refractivity contribution in [1.82, 2.24) is 5.32 Å². The molecule has 0 heterocycles. The van der Waals surface area contributed by atoms with Gasteiger partial charge in [-0.15, -0.1) is 0 Å². The van der Waals surface area contributed by atoms with Crippen LogP contribution >= 0.6 is 0 Å². The molecule has 4 nitrogen and oxygen atoms in total. The van der Waals surface area contributed by atoms with Crippen molar-refractivity contribution in [1.29, 1.82) is 0 Å². The number of aryl methyl sites for hydroxylation is 3. The number of carbonyl (C=O) groups is 2. The first-order valence-electron chi connectivity index (χ1n) is 7.51. The zero-order chi connectivity index (χ0) is 15.7. The van der Waals surface area contributed by atoms with E-state index in [9.17, 15) is 9.59 Å². The Bertz CT molecular complexity index is 483. The monoisotopic (exact) mass is 291 g/mol.